The third-order valence-electron chi connectivity index (χ3n) is 16.0. The summed E-state index contributed by atoms with van der Waals surface area (Å²) in [6.07, 6.45) is 8.29. The number of anilines is 1. The summed E-state index contributed by atoms with van der Waals surface area (Å²) in [5, 5.41) is 38.0. The second-order valence-corrected chi connectivity index (χ2v) is 21.8. The quantitative estimate of drug-likeness (QED) is 0.0557. The van der Waals surface area contributed by atoms with Crippen LogP contribution in [-0.2, 0) is 27.4 Å². The number of halogens is 2. The average molecular weight is 1150 g/mol. The van der Waals surface area contributed by atoms with E-state index in [1.807, 2.05) is 62.8 Å². The summed E-state index contributed by atoms with van der Waals surface area (Å²) >= 11 is 0. The van der Waals surface area contributed by atoms with Gasteiger partial charge in [0.25, 0.3) is 0 Å². The van der Waals surface area contributed by atoms with Crippen molar-refractivity contribution >= 4 is 39.8 Å². The highest BCUT2D eigenvalue weighted by Crippen LogP contribution is 2.44. The van der Waals surface area contributed by atoms with Crippen molar-refractivity contribution in [3.8, 4) is 51.2 Å². The number of fused-ring (bicyclic) bond motifs is 4. The van der Waals surface area contributed by atoms with Gasteiger partial charge in [-0.1, -0.05) is 113 Å². The second-order valence-electron chi connectivity index (χ2n) is 21.8. The Balaban J connectivity index is 0.000000253. The summed E-state index contributed by atoms with van der Waals surface area (Å²) in [7, 11) is 1.64. The maximum atomic E-state index is 15.4. The first-order valence-electron chi connectivity index (χ1n) is 29.2. The normalized spacial score (nSPS) is 17.5. The Morgan fingerprint density at radius 2 is 1.61 bits per heavy atom. The van der Waals surface area contributed by atoms with Gasteiger partial charge in [0.2, 0.25) is 12.3 Å². The summed E-state index contributed by atoms with van der Waals surface area (Å²) in [6.45, 7) is 16.6. The number of carbonyl (C=O) groups excluding carboxylic acids is 2. The maximum Gasteiger partial charge on any atom is 0.319 e. The molecule has 6 atom stereocenters. The Morgan fingerprint density at radius 1 is 0.881 bits per heavy atom. The van der Waals surface area contributed by atoms with E-state index in [4.69, 9.17) is 29.2 Å². The Kier molecular flexibility index (Phi) is 19.8. The summed E-state index contributed by atoms with van der Waals surface area (Å²) in [5.41, 5.74) is 6.57. The van der Waals surface area contributed by atoms with Gasteiger partial charge in [-0.2, -0.15) is 9.97 Å². The molecule has 3 saturated heterocycles. The van der Waals surface area contributed by atoms with Gasteiger partial charge in [0.1, 0.15) is 59.4 Å². The molecular formula is C65H76F2N10O7. The highest BCUT2D eigenvalue weighted by molar-refractivity contribution is 6.04. The van der Waals surface area contributed by atoms with E-state index >= 15 is 4.39 Å². The predicted octanol–water partition coefficient (Wildman–Crippen LogP) is 11.0. The lowest BCUT2D eigenvalue weighted by Crippen LogP contribution is -2.51. The Labute approximate surface area is 489 Å². The van der Waals surface area contributed by atoms with E-state index in [0.29, 0.717) is 99.4 Å². The first-order valence-corrected chi connectivity index (χ1v) is 29.2. The van der Waals surface area contributed by atoms with Gasteiger partial charge in [0.15, 0.2) is 5.75 Å². The van der Waals surface area contributed by atoms with Crippen LogP contribution in [0.4, 0.5) is 14.6 Å². The van der Waals surface area contributed by atoms with Gasteiger partial charge in [-0.3, -0.25) is 14.6 Å². The molecule has 3 aliphatic rings. The predicted molar refractivity (Wildman–Crippen MR) is 322 cm³/mol. The van der Waals surface area contributed by atoms with Crippen molar-refractivity contribution in [3.05, 3.63) is 138 Å². The van der Waals surface area contributed by atoms with Crippen LogP contribution < -0.4 is 25.0 Å². The van der Waals surface area contributed by atoms with Gasteiger partial charge in [0.05, 0.1) is 36.4 Å². The molecule has 442 valence electrons. The molecule has 0 saturated carbocycles. The highest BCUT2D eigenvalue weighted by Gasteiger charge is 2.35. The van der Waals surface area contributed by atoms with Gasteiger partial charge in [-0.25, -0.2) is 13.5 Å². The fourth-order valence-electron chi connectivity index (χ4n) is 11.1. The number of phenolic OH excluding ortho intramolecular Hbond substituents is 1. The van der Waals surface area contributed by atoms with Crippen molar-refractivity contribution in [3.63, 3.8) is 0 Å². The molecule has 5 aromatic carbocycles. The standard InChI is InChI=1S/C43H49FN8O4.C20H21FN2O3.C2H6/c1-7-33-36(44)15-12-29-16-32(53)17-34(38(29)33)39-41(55-23-27-8-10-28(11-9-27)37-21-52(50-49-37)26(5)24(2)3)40-35(18-45-39)42(48-43(47-40)56-22-25(4)54-6)51-19-30-13-14-31(20-51)46-30;21-17-5-2-1-4-16(17)14-7-9-15(10-8-14)18(12-24)22-20(26)19-6-3-11-23(19)13-25;1-2/h8-12,15-18,21,24-26,30-31,46,53H,7,13-14,19-20,22-23H2,1-6H3;1-2,4-5,7-10,13,18-19,24H,3,6,11-12H2,(H,22,26);1-2H3/t25-,26?,30?,31?;;/m0../s1. The lowest BCUT2D eigenvalue weighted by molar-refractivity contribution is -0.131. The van der Waals surface area contributed by atoms with E-state index in [1.54, 1.807) is 74.0 Å². The number of nitrogens with one attached hydrogen (secondary N) is 2. The van der Waals surface area contributed by atoms with Crippen LogP contribution in [0.2, 0.25) is 0 Å². The number of aliphatic hydroxyl groups excluding tert-OH is 1. The molecule has 0 radical (unpaired) electrons. The van der Waals surface area contributed by atoms with Gasteiger partial charge in [-0.15, -0.1) is 5.10 Å². The average Bonchev–Trinajstić information content (AvgIpc) is 1.83. The SMILES string of the molecule is CC.CCc1c(F)ccc2cc(O)cc(-c3ncc4c(N5CC6CCC(C5)N6)nc(OC[C@H](C)OC)nc4c3OCc3ccc(-c4cn(C(C)C(C)C)nn4)cc3)c12.O=CN1CCCC1C(=O)NC(CO)c1ccc(-c2ccccc2F)cc1. The summed E-state index contributed by atoms with van der Waals surface area (Å²) in [4.78, 5) is 42.2. The molecule has 4 N–H and O–H groups in total. The zero-order chi connectivity index (χ0) is 59.6. The highest BCUT2D eigenvalue weighted by atomic mass is 19.1. The molecule has 8 aromatic rings. The Bertz CT molecular complexity index is 3540. The van der Waals surface area contributed by atoms with E-state index in [2.05, 4.69) is 46.6 Å². The first kappa shape index (κ1) is 60.5. The monoisotopic (exact) mass is 1150 g/mol. The molecule has 3 fully saturated rings. The minimum Gasteiger partial charge on any atom is -0.508 e. The van der Waals surface area contributed by atoms with Gasteiger partial charge >= 0.3 is 6.01 Å². The molecule has 6 heterocycles. The van der Waals surface area contributed by atoms with Gasteiger partial charge in [0, 0.05) is 61.7 Å². The molecule has 2 bridgehead atoms. The molecule has 0 spiro atoms. The number of piperazine rings is 1. The van der Waals surface area contributed by atoms with E-state index in [1.165, 1.54) is 17.0 Å². The summed E-state index contributed by atoms with van der Waals surface area (Å²) in [5.74, 6) is 0.642. The molecule has 11 rings (SSSR count). The number of nitrogens with zero attached hydrogens (tertiary/aromatic N) is 8. The molecule has 5 unspecified atom stereocenters. The number of benzene rings is 5. The van der Waals surface area contributed by atoms with Crippen LogP contribution in [0.1, 0.15) is 103 Å². The van der Waals surface area contributed by atoms with Crippen LogP contribution in [0, 0.1) is 17.6 Å². The fraction of sp³-hybridized carbons (Fsp3) is 0.400. The van der Waals surface area contributed by atoms with Crippen molar-refractivity contribution in [2.45, 2.75) is 123 Å². The number of likely N-dealkylation sites (tertiary alicyclic amines) is 1. The lowest BCUT2D eigenvalue weighted by Gasteiger charge is -2.34. The van der Waals surface area contributed by atoms with E-state index in [0.717, 1.165) is 60.3 Å². The number of hydrogen-bond donors (Lipinski definition) is 4. The number of hydrogen-bond acceptors (Lipinski definition) is 14. The zero-order valence-corrected chi connectivity index (χ0v) is 49.1. The van der Waals surface area contributed by atoms with Crippen molar-refractivity contribution in [2.24, 2.45) is 5.92 Å². The fourth-order valence-corrected chi connectivity index (χ4v) is 11.1. The number of aryl methyl sites for hydroxylation is 1. The first-order chi connectivity index (χ1) is 40.7. The number of methoxy groups -OCH3 is 1. The third-order valence-corrected chi connectivity index (χ3v) is 16.0. The topological polar surface area (TPSA) is 202 Å². The number of pyridine rings is 1. The number of amides is 2. The minimum atomic E-state index is -0.578. The van der Waals surface area contributed by atoms with Crippen molar-refractivity contribution in [2.75, 3.05) is 44.9 Å². The van der Waals surface area contributed by atoms with Crippen molar-refractivity contribution < 1.29 is 42.8 Å². The summed E-state index contributed by atoms with van der Waals surface area (Å²) < 4.78 is 49.7. The smallest absolute Gasteiger partial charge is 0.319 e. The molecule has 3 aliphatic heterocycles. The number of phenols is 1. The van der Waals surface area contributed by atoms with Gasteiger partial charge in [-0.05, 0) is 109 Å². The van der Waals surface area contributed by atoms with Crippen molar-refractivity contribution in [1.82, 2.24) is 45.5 Å². The molecule has 19 heteroatoms. The maximum absolute atomic E-state index is 15.4. The molecular weight excluding hydrogens is 1070 g/mol. The van der Waals surface area contributed by atoms with E-state index in [-0.39, 0.29) is 61.3 Å². The molecule has 3 aromatic heterocycles. The number of aromatic nitrogens is 6. The largest absolute Gasteiger partial charge is 0.508 e. The number of rotatable bonds is 19. The third kappa shape index (κ3) is 13.4. The van der Waals surface area contributed by atoms with Crippen LogP contribution in [0.15, 0.2) is 109 Å². The van der Waals surface area contributed by atoms with Crippen LogP contribution in [0.5, 0.6) is 17.5 Å². The zero-order valence-electron chi connectivity index (χ0n) is 49.1. The Hall–Kier alpha value is -8.13. The summed E-state index contributed by atoms with van der Waals surface area (Å²) in [6, 6.07) is 28.0. The van der Waals surface area contributed by atoms with Crippen molar-refractivity contribution in [1.29, 1.82) is 0 Å². The molecule has 2 amide bonds. The number of ether oxygens (including phenoxy) is 3. The molecule has 84 heavy (non-hydrogen) atoms. The van der Waals surface area contributed by atoms with Crippen LogP contribution in [0.25, 0.3) is 55.3 Å². The Morgan fingerprint density at radius 3 is 2.29 bits per heavy atom. The molecule has 17 nitrogen and oxygen atoms in total. The van der Waals surface area contributed by atoms with Gasteiger partial charge < -0.3 is 44.9 Å². The number of aromatic hydroxyl groups is 1. The van der Waals surface area contributed by atoms with Crippen LogP contribution in [0.3, 0.4) is 0 Å². The molecule has 0 aliphatic carbocycles. The lowest BCUT2D eigenvalue weighted by atomic mass is 9.94. The minimum absolute atomic E-state index is 0.0292. The van der Waals surface area contributed by atoms with Crippen LogP contribution >= 0.6 is 0 Å². The number of carbonyl (C=O) groups is 2. The second kappa shape index (κ2) is 27.5. The van der Waals surface area contributed by atoms with E-state index < -0.39 is 12.1 Å². The van der Waals surface area contributed by atoms with E-state index in [9.17, 15) is 24.2 Å². The van der Waals surface area contributed by atoms with Crippen LogP contribution in [-0.4, -0.2) is 122 Å². The number of aliphatic hydroxyl groups is 1.